The Hall–Kier alpha value is -4.17. The van der Waals surface area contributed by atoms with Gasteiger partial charge in [0.25, 0.3) is 0 Å². The van der Waals surface area contributed by atoms with Crippen molar-refractivity contribution in [1.82, 2.24) is 4.98 Å². The molecule has 0 aliphatic heterocycles. The summed E-state index contributed by atoms with van der Waals surface area (Å²) in [6.07, 6.45) is 5.23. The van der Waals surface area contributed by atoms with Crippen molar-refractivity contribution >= 4 is 21.9 Å². The molecule has 1 fully saturated rings. The highest BCUT2D eigenvalue weighted by atomic mass is 16.3. The fourth-order valence-electron chi connectivity index (χ4n) is 6.08. The summed E-state index contributed by atoms with van der Waals surface area (Å²) in [5, 5.41) is 2.15. The van der Waals surface area contributed by atoms with Crippen LogP contribution in [-0.4, -0.2) is 4.98 Å². The maximum Gasteiger partial charge on any atom is 0.144 e. The van der Waals surface area contributed by atoms with Gasteiger partial charge in [0.1, 0.15) is 11.2 Å². The molecule has 0 atom stereocenters. The molecular formula is C38H35NO. The smallest absolute Gasteiger partial charge is 0.144 e. The van der Waals surface area contributed by atoms with Crippen molar-refractivity contribution in [3.05, 3.63) is 114 Å². The van der Waals surface area contributed by atoms with E-state index >= 15 is 0 Å². The van der Waals surface area contributed by atoms with Crippen molar-refractivity contribution in [2.45, 2.75) is 52.3 Å². The topological polar surface area (TPSA) is 26.0 Å². The quantitative estimate of drug-likeness (QED) is 0.229. The van der Waals surface area contributed by atoms with E-state index in [1.807, 2.05) is 79.0 Å². The number of aromatic nitrogens is 1. The molecule has 1 aliphatic rings. The first kappa shape index (κ1) is 20.7. The number of aryl methyl sites for hydroxylation is 1. The van der Waals surface area contributed by atoms with Gasteiger partial charge >= 0.3 is 0 Å². The predicted molar refractivity (Wildman–Crippen MR) is 168 cm³/mol. The molecule has 4 aromatic carbocycles. The van der Waals surface area contributed by atoms with Gasteiger partial charge < -0.3 is 4.42 Å². The second kappa shape index (κ2) is 9.78. The molecule has 2 nitrogen and oxygen atoms in total. The minimum Gasteiger partial charge on any atom is -0.455 e. The Morgan fingerprint density at radius 2 is 1.55 bits per heavy atom. The lowest BCUT2D eigenvalue weighted by atomic mass is 9.71. The van der Waals surface area contributed by atoms with Gasteiger partial charge in [-0.25, -0.2) is 0 Å². The van der Waals surface area contributed by atoms with E-state index in [-0.39, 0.29) is 5.41 Å². The van der Waals surface area contributed by atoms with Crippen LogP contribution in [0.1, 0.15) is 62.0 Å². The first-order valence-corrected chi connectivity index (χ1v) is 14.1. The van der Waals surface area contributed by atoms with Crippen LogP contribution in [0.3, 0.4) is 0 Å². The van der Waals surface area contributed by atoms with E-state index in [2.05, 4.69) is 37.0 Å². The minimum atomic E-state index is -2.29. The van der Waals surface area contributed by atoms with Crippen molar-refractivity contribution in [2.24, 2.45) is 5.41 Å². The third-order valence-corrected chi connectivity index (χ3v) is 8.60. The largest absolute Gasteiger partial charge is 0.455 e. The van der Waals surface area contributed by atoms with Crippen molar-refractivity contribution in [3.8, 4) is 33.5 Å². The van der Waals surface area contributed by atoms with Crippen LogP contribution in [0.15, 0.2) is 108 Å². The standard InChI is InChI=1S/C38H35NO/c1-25-23-29(27-17-20-38(2,3)21-18-27)15-16-31(25)28-13-11-26(12-14-28)30-19-22-39-35(24-30)34-9-6-8-33-32-7-4-5-10-36(32)40-37(33)34/h4-16,19,22-24,27H,17-18,20-21H2,1-3H3/i1D3,27D. The fraction of sp³-hybridized carbons (Fsp3) is 0.237. The monoisotopic (exact) mass is 525 g/mol. The van der Waals surface area contributed by atoms with Crippen LogP contribution in [0.2, 0.25) is 0 Å². The molecule has 2 heteroatoms. The van der Waals surface area contributed by atoms with E-state index < -0.39 is 12.7 Å². The second-order valence-corrected chi connectivity index (χ2v) is 11.8. The number of benzene rings is 4. The van der Waals surface area contributed by atoms with Crippen molar-refractivity contribution in [1.29, 1.82) is 0 Å². The van der Waals surface area contributed by atoms with Gasteiger partial charge in [-0.2, -0.15) is 0 Å². The zero-order chi connectivity index (χ0) is 30.7. The van der Waals surface area contributed by atoms with Crippen LogP contribution < -0.4 is 0 Å². The molecular weight excluding hydrogens is 486 g/mol. The van der Waals surface area contributed by atoms with Crippen molar-refractivity contribution in [3.63, 3.8) is 0 Å². The zero-order valence-corrected chi connectivity index (χ0v) is 23.0. The molecule has 2 heterocycles. The Bertz CT molecular complexity index is 1990. The lowest BCUT2D eigenvalue weighted by Gasteiger charge is -2.34. The lowest BCUT2D eigenvalue weighted by molar-refractivity contribution is 0.224. The average Bonchev–Trinajstić information content (AvgIpc) is 3.41. The summed E-state index contributed by atoms with van der Waals surface area (Å²) in [4.78, 5) is 4.68. The van der Waals surface area contributed by atoms with Crippen LogP contribution in [0.5, 0.6) is 0 Å². The number of rotatable bonds is 4. The molecule has 7 rings (SSSR count). The van der Waals surface area contributed by atoms with E-state index in [1.54, 1.807) is 6.07 Å². The highest BCUT2D eigenvalue weighted by molar-refractivity contribution is 6.09. The Balaban J connectivity index is 1.22. The summed E-state index contributed by atoms with van der Waals surface area (Å²) in [6, 6.07) is 31.9. The number of furan rings is 1. The number of fused-ring (bicyclic) bond motifs is 3. The van der Waals surface area contributed by atoms with E-state index in [9.17, 15) is 1.37 Å². The van der Waals surface area contributed by atoms with Crippen LogP contribution in [0, 0.1) is 12.3 Å². The Morgan fingerprint density at radius 3 is 2.38 bits per heavy atom. The highest BCUT2D eigenvalue weighted by Gasteiger charge is 2.27. The number of hydrogen-bond donors (Lipinski definition) is 0. The minimum absolute atomic E-state index is 0.232. The van der Waals surface area contributed by atoms with Gasteiger partial charge in [-0.05, 0) is 101 Å². The molecule has 0 amide bonds. The Labute approximate surface area is 242 Å². The van der Waals surface area contributed by atoms with Gasteiger partial charge in [0.2, 0.25) is 0 Å². The first-order valence-electron chi connectivity index (χ1n) is 16.1. The van der Waals surface area contributed by atoms with Gasteiger partial charge in [0.15, 0.2) is 0 Å². The van der Waals surface area contributed by atoms with Crippen LogP contribution in [0.4, 0.5) is 0 Å². The third-order valence-electron chi connectivity index (χ3n) is 8.60. The molecule has 0 bridgehead atoms. The molecule has 0 unspecified atom stereocenters. The highest BCUT2D eigenvalue weighted by Crippen LogP contribution is 2.43. The van der Waals surface area contributed by atoms with Gasteiger partial charge in [-0.1, -0.05) is 86.6 Å². The van der Waals surface area contributed by atoms with E-state index in [4.69, 9.17) is 8.53 Å². The molecule has 0 N–H and O–H groups in total. The molecule has 1 aliphatic carbocycles. The first-order chi connectivity index (χ1) is 21.0. The second-order valence-electron chi connectivity index (χ2n) is 11.8. The molecule has 1 saturated carbocycles. The van der Waals surface area contributed by atoms with Crippen LogP contribution in [0.25, 0.3) is 55.4 Å². The summed E-state index contributed by atoms with van der Waals surface area (Å²) in [7, 11) is 0. The van der Waals surface area contributed by atoms with Gasteiger partial charge in [-0.15, -0.1) is 0 Å². The maximum atomic E-state index is 9.20. The maximum absolute atomic E-state index is 9.20. The third kappa shape index (κ3) is 4.52. The zero-order valence-electron chi connectivity index (χ0n) is 27.0. The van der Waals surface area contributed by atoms with Gasteiger partial charge in [-0.3, -0.25) is 4.98 Å². The van der Waals surface area contributed by atoms with E-state index in [1.165, 1.54) is 0 Å². The van der Waals surface area contributed by atoms with Gasteiger partial charge in [0, 0.05) is 28.0 Å². The summed E-state index contributed by atoms with van der Waals surface area (Å²) in [5.74, 6) is -0.746. The molecule has 6 aromatic rings. The summed E-state index contributed by atoms with van der Waals surface area (Å²) in [5.41, 5.74) is 8.34. The molecule has 2 aromatic heterocycles. The number of hydrogen-bond acceptors (Lipinski definition) is 2. The van der Waals surface area contributed by atoms with Crippen LogP contribution in [-0.2, 0) is 0 Å². The van der Waals surface area contributed by atoms with E-state index in [0.717, 1.165) is 81.1 Å². The predicted octanol–water partition coefficient (Wildman–Crippen LogP) is 11.0. The Kier molecular flexibility index (Phi) is 5.06. The lowest BCUT2D eigenvalue weighted by Crippen LogP contribution is -2.20. The van der Waals surface area contributed by atoms with Crippen LogP contribution >= 0.6 is 0 Å². The number of nitrogens with zero attached hydrogens (tertiary/aromatic N) is 1. The molecule has 0 saturated heterocycles. The van der Waals surface area contributed by atoms with Gasteiger partial charge in [0.05, 0.1) is 5.69 Å². The number of para-hydroxylation sites is 2. The average molecular weight is 526 g/mol. The molecule has 40 heavy (non-hydrogen) atoms. The molecule has 198 valence electrons. The van der Waals surface area contributed by atoms with Crippen molar-refractivity contribution < 1.29 is 9.90 Å². The number of pyridine rings is 1. The summed E-state index contributed by atoms with van der Waals surface area (Å²) in [6.45, 7) is 2.22. The fourth-order valence-corrected chi connectivity index (χ4v) is 6.08. The SMILES string of the molecule is [2H]C([2H])([2H])c1cc(C2([2H])CCC(C)(C)CC2)ccc1-c1ccc(-c2ccnc(-c3cccc4c3oc3ccccc34)c2)cc1. The van der Waals surface area contributed by atoms with E-state index in [0.29, 0.717) is 11.1 Å². The summed E-state index contributed by atoms with van der Waals surface area (Å²) < 4.78 is 40.4. The van der Waals surface area contributed by atoms with Crippen molar-refractivity contribution in [2.75, 3.05) is 0 Å². The Morgan fingerprint density at radius 1 is 0.775 bits per heavy atom. The normalized spacial score (nSPS) is 18.1. The molecule has 0 spiro atoms. The summed E-state index contributed by atoms with van der Waals surface area (Å²) >= 11 is 0. The molecule has 0 radical (unpaired) electrons.